The number of halogens is 1. The molecule has 0 radical (unpaired) electrons. The summed E-state index contributed by atoms with van der Waals surface area (Å²) in [5, 5.41) is 18.0. The van der Waals surface area contributed by atoms with Gasteiger partial charge in [0.05, 0.1) is 12.7 Å². The van der Waals surface area contributed by atoms with Gasteiger partial charge in [-0.3, -0.25) is 18.9 Å². The van der Waals surface area contributed by atoms with Crippen LogP contribution in [0.25, 0.3) is 0 Å². The van der Waals surface area contributed by atoms with Gasteiger partial charge in [0.1, 0.15) is 36.6 Å². The normalized spacial score (nSPS) is 35.5. The van der Waals surface area contributed by atoms with Gasteiger partial charge in [-0.25, -0.2) is 20.3 Å². The highest BCUT2D eigenvalue weighted by Gasteiger charge is 2.95. The molecule has 0 aromatic carbocycles. The molecule has 0 bridgehead atoms. The quantitative estimate of drug-likeness (QED) is 0.0860. The molecule has 3 heterocycles. The highest BCUT2D eigenvalue weighted by molar-refractivity contribution is 7.54. The number of carbonyl (C=O) groups excluding carboxylic acids is 4. The van der Waals surface area contributed by atoms with Crippen molar-refractivity contribution in [2.24, 2.45) is 0 Å². The number of amides is 3. The van der Waals surface area contributed by atoms with Crippen molar-refractivity contribution in [2.45, 2.75) is 127 Å². The van der Waals surface area contributed by atoms with E-state index < -0.39 is 78.9 Å². The van der Waals surface area contributed by atoms with Gasteiger partial charge in [-0.2, -0.15) is 4.39 Å². The highest BCUT2D eigenvalue weighted by atomic mass is 31.2. The van der Waals surface area contributed by atoms with Gasteiger partial charge in [0, 0.05) is 0 Å². The smallest absolute Gasteiger partial charge is 0.433 e. The minimum absolute atomic E-state index is 0.246. The Hall–Kier alpha value is -2.26. The monoisotopic (exact) mass is 631 g/mol. The lowest BCUT2D eigenvalue weighted by atomic mass is 9.98. The van der Waals surface area contributed by atoms with Crippen molar-refractivity contribution in [1.82, 2.24) is 15.5 Å². The van der Waals surface area contributed by atoms with E-state index in [1.165, 1.54) is 13.8 Å². The fraction of sp³-hybridized carbons (Fsp3) is 0.778. The number of rotatable bonds is 11. The van der Waals surface area contributed by atoms with Crippen molar-refractivity contribution in [1.29, 1.82) is 0 Å². The number of carbonyl (C=O) groups is 4. The van der Waals surface area contributed by atoms with Crippen LogP contribution in [0.15, 0.2) is 12.3 Å². The second-order valence-corrected chi connectivity index (χ2v) is 13.9. The SMILES string of the molecule is CC(NP(=O)(NC(C)C(=O)OC1CCCCC1)OC[C@H]1O[C@@H]2[C@@](F)([C@@H]1O)[N+]21C=CC(=O)NC1=O)C(=O)OC1CCCCC1. The zero-order valence-electron chi connectivity index (χ0n) is 24.4. The molecule has 7 atom stereocenters. The minimum atomic E-state index is -4.27. The number of quaternary nitrogens is 1. The molecule has 14 nitrogen and oxygen atoms in total. The number of urea groups is 1. The summed E-state index contributed by atoms with van der Waals surface area (Å²) in [7, 11) is -4.27. The summed E-state index contributed by atoms with van der Waals surface area (Å²) in [5.74, 6) is -4.61. The second-order valence-electron chi connectivity index (χ2n) is 12.0. The van der Waals surface area contributed by atoms with E-state index in [9.17, 15) is 28.8 Å². The average Bonchev–Trinajstić information content (AvgIpc) is 3.38. The number of nitrogens with one attached hydrogen (secondary N) is 3. The van der Waals surface area contributed by atoms with Crippen LogP contribution in [0, 0.1) is 0 Å². The van der Waals surface area contributed by atoms with Crippen LogP contribution in [-0.2, 0) is 37.7 Å². The van der Waals surface area contributed by atoms with Crippen molar-refractivity contribution in [3.8, 4) is 0 Å². The molecule has 43 heavy (non-hydrogen) atoms. The number of hydrogen-bond acceptors (Lipinski definition) is 10. The first-order valence-electron chi connectivity index (χ1n) is 15.1. The van der Waals surface area contributed by atoms with Gasteiger partial charge in [0.15, 0.2) is 6.10 Å². The summed E-state index contributed by atoms with van der Waals surface area (Å²) in [5.41, 5.74) is 0. The number of fused-ring (bicyclic) bond motifs is 3. The first-order chi connectivity index (χ1) is 20.4. The number of alkyl halides is 1. The van der Waals surface area contributed by atoms with Crippen LogP contribution >= 0.6 is 7.67 Å². The Morgan fingerprint density at radius 3 is 2.00 bits per heavy atom. The summed E-state index contributed by atoms with van der Waals surface area (Å²) in [6.45, 7) is 2.26. The maximum atomic E-state index is 15.8. The lowest BCUT2D eigenvalue weighted by Crippen LogP contribution is -2.55. The van der Waals surface area contributed by atoms with Crippen molar-refractivity contribution in [3.63, 3.8) is 0 Å². The molecule has 5 aliphatic rings. The molecule has 2 saturated carbocycles. The fourth-order valence-corrected chi connectivity index (χ4v) is 8.14. The summed E-state index contributed by atoms with van der Waals surface area (Å²) in [6, 6.07) is -3.22. The van der Waals surface area contributed by atoms with Crippen molar-refractivity contribution in [3.05, 3.63) is 12.3 Å². The minimum Gasteiger partial charge on any atom is -0.461 e. The molecule has 3 amide bonds. The molecule has 4 fully saturated rings. The van der Waals surface area contributed by atoms with E-state index >= 15 is 4.39 Å². The van der Waals surface area contributed by atoms with Crippen molar-refractivity contribution in [2.75, 3.05) is 6.61 Å². The molecule has 3 aliphatic heterocycles. The standard InChI is InChI=1S/C27H40FN4O10P/c1-16(23(35)40-18-9-5-3-6-10-18)30-43(38,31-17(2)24(36)41-19-11-7-4-8-12-19)39-15-20-22(34)27(28)25(42-20)32(27)14-13-21(33)29-26(32)37/h13-14,16-20,22,25,34H,3-12,15H2,1-2H3,(H2-,29,30,31,33,37,38)/p+1/t16?,17?,20-,22-,25-,27-,32?,43?/m1/s1. The van der Waals surface area contributed by atoms with Gasteiger partial charge in [0.25, 0.3) is 5.91 Å². The summed E-state index contributed by atoms with van der Waals surface area (Å²) < 4.78 is 51.2. The van der Waals surface area contributed by atoms with Crippen LogP contribution < -0.4 is 15.5 Å². The molecule has 4 N–H and O–H groups in total. The molecule has 0 aromatic heterocycles. The van der Waals surface area contributed by atoms with Gasteiger partial charge < -0.3 is 23.8 Å². The molecule has 5 rings (SSSR count). The Morgan fingerprint density at radius 2 is 1.56 bits per heavy atom. The molecule has 2 aliphatic carbocycles. The largest absolute Gasteiger partial charge is 0.461 e. The van der Waals surface area contributed by atoms with E-state index in [-0.39, 0.29) is 12.2 Å². The Balaban J connectivity index is 1.24. The van der Waals surface area contributed by atoms with Gasteiger partial charge in [-0.15, -0.1) is 4.48 Å². The summed E-state index contributed by atoms with van der Waals surface area (Å²) in [6.07, 6.45) is 5.66. The second kappa shape index (κ2) is 12.6. The van der Waals surface area contributed by atoms with E-state index in [2.05, 4.69) is 10.2 Å². The predicted octanol–water partition coefficient (Wildman–Crippen LogP) is 2.16. The van der Waals surface area contributed by atoms with Crippen LogP contribution in [0.3, 0.4) is 0 Å². The topological polar surface area (TPSA) is 179 Å². The number of ether oxygens (including phenoxy) is 3. The molecule has 240 valence electrons. The maximum Gasteiger partial charge on any atom is 0.433 e. The first kappa shape index (κ1) is 32.1. The van der Waals surface area contributed by atoms with Crippen LogP contribution in [-0.4, -0.2) is 88.6 Å². The summed E-state index contributed by atoms with van der Waals surface area (Å²) >= 11 is 0. The number of aliphatic hydroxyl groups is 1. The third kappa shape index (κ3) is 6.31. The Labute approximate surface area is 249 Å². The zero-order chi connectivity index (χ0) is 31.0. The highest BCUT2D eigenvalue weighted by Crippen LogP contribution is 2.62. The van der Waals surface area contributed by atoms with Gasteiger partial charge in [-0.05, 0) is 65.2 Å². The van der Waals surface area contributed by atoms with Crippen LogP contribution in [0.2, 0.25) is 0 Å². The van der Waals surface area contributed by atoms with Crippen LogP contribution in [0.4, 0.5) is 9.18 Å². The number of nitrogens with zero attached hydrogens (tertiary/aromatic N) is 1. The molecule has 0 aromatic rings. The molecule has 3 unspecified atom stereocenters. The van der Waals surface area contributed by atoms with Gasteiger partial charge >= 0.3 is 37.7 Å². The predicted molar refractivity (Wildman–Crippen MR) is 146 cm³/mol. The first-order valence-corrected chi connectivity index (χ1v) is 16.7. The molecular formula is C27H41FN4O10P+. The van der Waals surface area contributed by atoms with E-state index in [0.717, 1.165) is 76.5 Å². The van der Waals surface area contributed by atoms with E-state index in [0.29, 0.717) is 0 Å². The van der Waals surface area contributed by atoms with Gasteiger partial charge in [0.2, 0.25) is 0 Å². The van der Waals surface area contributed by atoms with Crippen LogP contribution in [0.1, 0.15) is 78.1 Å². The molecule has 2 saturated heterocycles. The van der Waals surface area contributed by atoms with Crippen molar-refractivity contribution < 1.29 is 56.5 Å². The van der Waals surface area contributed by atoms with E-state index in [4.69, 9.17) is 18.7 Å². The average molecular weight is 632 g/mol. The van der Waals surface area contributed by atoms with Crippen molar-refractivity contribution >= 4 is 31.5 Å². The van der Waals surface area contributed by atoms with Gasteiger partial charge in [-0.1, -0.05) is 12.8 Å². The number of imide groups is 1. The molecule has 16 heteroatoms. The fourth-order valence-electron chi connectivity index (χ4n) is 6.33. The van der Waals surface area contributed by atoms with E-state index in [1.807, 2.05) is 5.32 Å². The lowest BCUT2D eigenvalue weighted by Gasteiger charge is -2.30. The zero-order valence-corrected chi connectivity index (χ0v) is 25.3. The third-order valence-electron chi connectivity index (χ3n) is 8.84. The molecular weight excluding hydrogens is 590 g/mol. The Morgan fingerprint density at radius 1 is 1.05 bits per heavy atom. The van der Waals surface area contributed by atoms with E-state index in [1.54, 1.807) is 0 Å². The number of aliphatic hydroxyl groups excluding tert-OH is 1. The lowest BCUT2D eigenvalue weighted by molar-refractivity contribution is -0.745. The van der Waals surface area contributed by atoms with Crippen LogP contribution in [0.5, 0.6) is 0 Å². The Bertz CT molecular complexity index is 1150. The maximum absolute atomic E-state index is 15.8. The molecule has 1 spiro atoms. The number of hydrogen-bond donors (Lipinski definition) is 4. The number of esters is 2. The Kier molecular flexibility index (Phi) is 9.44. The third-order valence-corrected chi connectivity index (χ3v) is 10.8. The summed E-state index contributed by atoms with van der Waals surface area (Å²) in [4.78, 5) is 49.6.